The van der Waals surface area contributed by atoms with Gasteiger partial charge in [0.25, 0.3) is 0 Å². The Morgan fingerprint density at radius 2 is 1.42 bits per heavy atom. The summed E-state index contributed by atoms with van der Waals surface area (Å²) in [6.07, 6.45) is -0.575. The Balaban J connectivity index is 3.03. The Labute approximate surface area is 115 Å². The zero-order valence-corrected chi connectivity index (χ0v) is 13.1. The van der Waals surface area contributed by atoms with Gasteiger partial charge in [0.1, 0.15) is 0 Å². The molecule has 0 saturated carbocycles. The van der Waals surface area contributed by atoms with Crippen LogP contribution in [0.3, 0.4) is 0 Å². The molecule has 1 rings (SSSR count). The predicted molar refractivity (Wildman–Crippen MR) is 76.2 cm³/mol. The molecule has 19 heavy (non-hydrogen) atoms. The molecule has 0 spiro atoms. The maximum absolute atomic E-state index is 12.7. The minimum atomic E-state index is -3.60. The fourth-order valence-corrected chi connectivity index (χ4v) is 3.64. The first-order chi connectivity index (χ1) is 8.74. The van der Waals surface area contributed by atoms with E-state index in [-0.39, 0.29) is 12.2 Å². The second kappa shape index (κ2) is 6.67. The molecule has 0 unspecified atom stereocenters. The molecule has 0 aromatic heterocycles. The number of benzene rings is 1. The van der Waals surface area contributed by atoms with Crippen LogP contribution in [0.4, 0.5) is 0 Å². The van der Waals surface area contributed by atoms with Crippen LogP contribution in [0.25, 0.3) is 0 Å². The lowest BCUT2D eigenvalue weighted by Gasteiger charge is -2.27. The molecule has 4 nitrogen and oxygen atoms in total. The van der Waals surface area contributed by atoms with E-state index in [2.05, 4.69) is 0 Å². The highest BCUT2D eigenvalue weighted by Gasteiger charge is 2.37. The van der Waals surface area contributed by atoms with E-state index in [1.807, 2.05) is 19.1 Å². The third-order valence-electron chi connectivity index (χ3n) is 2.39. The molecule has 0 aliphatic carbocycles. The van der Waals surface area contributed by atoms with Gasteiger partial charge in [-0.05, 0) is 40.2 Å². The van der Waals surface area contributed by atoms with Gasteiger partial charge in [-0.25, -0.2) is 0 Å². The molecule has 0 fully saturated rings. The molecule has 0 aliphatic heterocycles. The van der Waals surface area contributed by atoms with Crippen molar-refractivity contribution in [3.05, 3.63) is 35.4 Å². The van der Waals surface area contributed by atoms with E-state index in [1.54, 1.807) is 39.8 Å². The maximum Gasteiger partial charge on any atom is 0.363 e. The molecule has 0 heterocycles. The van der Waals surface area contributed by atoms with Gasteiger partial charge in [0, 0.05) is 0 Å². The van der Waals surface area contributed by atoms with E-state index in [9.17, 15) is 9.67 Å². The molecule has 0 radical (unpaired) electrons. The number of aryl methyl sites for hydroxylation is 1. The molecule has 0 aliphatic rings. The Hall–Kier alpha value is -0.670. The number of rotatable bonds is 6. The predicted octanol–water partition coefficient (Wildman–Crippen LogP) is 4.03. The van der Waals surface area contributed by atoms with Gasteiger partial charge >= 0.3 is 7.60 Å². The number of hydrogen-bond donors (Lipinski definition) is 1. The highest BCUT2D eigenvalue weighted by atomic mass is 31.2. The lowest BCUT2D eigenvalue weighted by atomic mass is 10.2. The van der Waals surface area contributed by atoms with Crippen LogP contribution in [0.5, 0.6) is 0 Å². The van der Waals surface area contributed by atoms with Gasteiger partial charge in [-0.3, -0.25) is 4.57 Å². The zero-order valence-electron chi connectivity index (χ0n) is 12.2. The molecule has 1 aromatic rings. The van der Waals surface area contributed by atoms with Crippen molar-refractivity contribution in [2.45, 2.75) is 52.7 Å². The average Bonchev–Trinajstić information content (AvgIpc) is 2.26. The molecule has 0 saturated heterocycles. The maximum atomic E-state index is 12.7. The summed E-state index contributed by atoms with van der Waals surface area (Å²) in [6.45, 7) is 9.00. The van der Waals surface area contributed by atoms with Crippen LogP contribution in [0.1, 0.15) is 44.7 Å². The van der Waals surface area contributed by atoms with Gasteiger partial charge in [-0.1, -0.05) is 29.8 Å². The first-order valence-corrected chi connectivity index (χ1v) is 8.07. The van der Waals surface area contributed by atoms with E-state index in [0.717, 1.165) is 5.56 Å². The Kier molecular flexibility index (Phi) is 5.75. The van der Waals surface area contributed by atoms with Crippen LogP contribution in [0.15, 0.2) is 24.3 Å². The standard InChI is InChI=1S/C14H23O4P/c1-10(2)17-19(16,18-11(3)4)14(15)13-8-6-12(5)7-9-13/h6-11,14-15H,1-5H3/t14-/m1/s1. The first kappa shape index (κ1) is 16.4. The van der Waals surface area contributed by atoms with Crippen molar-refractivity contribution in [2.75, 3.05) is 0 Å². The van der Waals surface area contributed by atoms with Gasteiger partial charge in [0.05, 0.1) is 12.2 Å². The van der Waals surface area contributed by atoms with Crippen molar-refractivity contribution < 1.29 is 18.7 Å². The van der Waals surface area contributed by atoms with Gasteiger partial charge < -0.3 is 14.2 Å². The molecule has 1 atom stereocenters. The highest BCUT2D eigenvalue weighted by molar-refractivity contribution is 7.54. The first-order valence-electron chi connectivity index (χ1n) is 6.45. The summed E-state index contributed by atoms with van der Waals surface area (Å²) < 4.78 is 23.5. The Morgan fingerprint density at radius 1 is 1.00 bits per heavy atom. The third-order valence-corrected chi connectivity index (χ3v) is 4.72. The summed E-state index contributed by atoms with van der Waals surface area (Å²) in [7, 11) is -3.60. The highest BCUT2D eigenvalue weighted by Crippen LogP contribution is 2.61. The van der Waals surface area contributed by atoms with Crippen molar-refractivity contribution in [2.24, 2.45) is 0 Å². The monoisotopic (exact) mass is 286 g/mol. The smallest absolute Gasteiger partial charge is 0.363 e. The van der Waals surface area contributed by atoms with E-state index in [1.165, 1.54) is 0 Å². The minimum absolute atomic E-state index is 0.287. The largest absolute Gasteiger partial charge is 0.376 e. The van der Waals surface area contributed by atoms with E-state index < -0.39 is 13.4 Å². The second-order valence-electron chi connectivity index (χ2n) is 5.13. The van der Waals surface area contributed by atoms with Crippen molar-refractivity contribution in [3.63, 3.8) is 0 Å². The van der Waals surface area contributed by atoms with Crippen molar-refractivity contribution in [1.82, 2.24) is 0 Å². The summed E-state index contributed by atoms with van der Waals surface area (Å²) in [6, 6.07) is 7.18. The fraction of sp³-hybridized carbons (Fsp3) is 0.571. The molecule has 1 aromatic carbocycles. The number of aliphatic hydroxyl groups excluding tert-OH is 1. The van der Waals surface area contributed by atoms with Crippen molar-refractivity contribution in [3.8, 4) is 0 Å². The molecular weight excluding hydrogens is 263 g/mol. The van der Waals surface area contributed by atoms with E-state index in [0.29, 0.717) is 5.56 Å². The van der Waals surface area contributed by atoms with Crippen molar-refractivity contribution in [1.29, 1.82) is 0 Å². The van der Waals surface area contributed by atoms with Crippen molar-refractivity contribution >= 4 is 7.60 Å². The van der Waals surface area contributed by atoms with E-state index >= 15 is 0 Å². The van der Waals surface area contributed by atoms with Crippen LogP contribution in [0, 0.1) is 6.92 Å². The topological polar surface area (TPSA) is 55.8 Å². The summed E-state index contributed by atoms with van der Waals surface area (Å²) in [5.74, 6) is -1.27. The van der Waals surface area contributed by atoms with Gasteiger partial charge in [0.15, 0.2) is 5.85 Å². The number of hydrogen-bond acceptors (Lipinski definition) is 4. The number of aliphatic hydroxyl groups is 1. The van der Waals surface area contributed by atoms with Crippen LogP contribution in [-0.4, -0.2) is 17.3 Å². The van der Waals surface area contributed by atoms with Crippen LogP contribution in [-0.2, 0) is 13.6 Å². The van der Waals surface area contributed by atoms with Gasteiger partial charge in [-0.15, -0.1) is 0 Å². The quantitative estimate of drug-likeness (QED) is 0.802. The van der Waals surface area contributed by atoms with Gasteiger partial charge in [0.2, 0.25) is 0 Å². The normalized spacial score (nSPS) is 14.1. The van der Waals surface area contributed by atoms with E-state index in [4.69, 9.17) is 9.05 Å². The summed E-state index contributed by atoms with van der Waals surface area (Å²) >= 11 is 0. The Morgan fingerprint density at radius 3 is 1.79 bits per heavy atom. The zero-order chi connectivity index (χ0) is 14.6. The fourth-order valence-electron chi connectivity index (χ4n) is 1.65. The summed E-state index contributed by atoms with van der Waals surface area (Å²) in [5, 5.41) is 10.3. The lowest BCUT2D eigenvalue weighted by Crippen LogP contribution is -2.13. The Bertz CT molecular complexity index is 425. The summed E-state index contributed by atoms with van der Waals surface area (Å²) in [5.41, 5.74) is 1.61. The molecule has 0 bridgehead atoms. The molecular formula is C14H23O4P. The second-order valence-corrected chi connectivity index (χ2v) is 7.12. The lowest BCUT2D eigenvalue weighted by molar-refractivity contribution is 0.101. The summed E-state index contributed by atoms with van der Waals surface area (Å²) in [4.78, 5) is 0. The molecule has 0 amide bonds. The molecule has 1 N–H and O–H groups in total. The van der Waals surface area contributed by atoms with Crippen LogP contribution in [0.2, 0.25) is 0 Å². The minimum Gasteiger partial charge on any atom is -0.376 e. The van der Waals surface area contributed by atoms with Gasteiger partial charge in [-0.2, -0.15) is 0 Å². The molecule has 5 heteroatoms. The average molecular weight is 286 g/mol. The molecule has 108 valence electrons. The third kappa shape index (κ3) is 4.73. The van der Waals surface area contributed by atoms with Crippen LogP contribution >= 0.6 is 7.60 Å². The SMILES string of the molecule is Cc1ccc([C@H](O)P(=O)(OC(C)C)OC(C)C)cc1. The van der Waals surface area contributed by atoms with Crippen LogP contribution < -0.4 is 0 Å².